The maximum Gasteiger partial charge on any atom is 0.193 e. The zero-order chi connectivity index (χ0) is 18.4. The van der Waals surface area contributed by atoms with Gasteiger partial charge in [0.25, 0.3) is 0 Å². The first-order valence-electron chi connectivity index (χ1n) is 8.52. The standard InChI is InChI=1S/C19H28N4OS.HI/c1-13(2)24-16-8-6-14(7-9-16)23-18(20)21-11-10-15-12-25-17(22-15)19(3,4)5;/h6-9,12-13H,10-11H2,1-5H3,(H3,20,21,23);1H. The summed E-state index contributed by atoms with van der Waals surface area (Å²) in [5.74, 6) is 1.25. The molecule has 0 aliphatic rings. The van der Waals surface area contributed by atoms with Crippen molar-refractivity contribution in [1.29, 1.82) is 0 Å². The molecule has 0 saturated heterocycles. The quantitative estimate of drug-likeness (QED) is 0.348. The zero-order valence-electron chi connectivity index (χ0n) is 16.1. The Bertz CT molecular complexity index is 705. The molecule has 0 bridgehead atoms. The van der Waals surface area contributed by atoms with Gasteiger partial charge < -0.3 is 15.8 Å². The van der Waals surface area contributed by atoms with Crippen LogP contribution in [0.2, 0.25) is 0 Å². The lowest BCUT2D eigenvalue weighted by atomic mass is 9.98. The number of aliphatic imine (C=N–C) groups is 1. The Hall–Kier alpha value is -1.35. The first-order chi connectivity index (χ1) is 11.7. The van der Waals surface area contributed by atoms with Gasteiger partial charge in [-0.1, -0.05) is 20.8 Å². The van der Waals surface area contributed by atoms with E-state index in [9.17, 15) is 0 Å². The number of nitrogens with two attached hydrogens (primary N) is 1. The lowest BCUT2D eigenvalue weighted by Crippen LogP contribution is -2.23. The SMILES string of the molecule is CC(C)Oc1ccc(NC(N)=NCCc2csc(C(C)(C)C)n2)cc1.I. The van der Waals surface area contributed by atoms with Crippen LogP contribution < -0.4 is 15.8 Å². The van der Waals surface area contributed by atoms with Crippen LogP contribution in [0.3, 0.4) is 0 Å². The number of rotatable bonds is 6. The Morgan fingerprint density at radius 2 is 1.92 bits per heavy atom. The average molecular weight is 488 g/mol. The van der Waals surface area contributed by atoms with Crippen LogP contribution in [-0.4, -0.2) is 23.6 Å². The highest BCUT2D eigenvalue weighted by Crippen LogP contribution is 2.25. The molecule has 0 spiro atoms. The molecule has 2 aromatic rings. The molecule has 26 heavy (non-hydrogen) atoms. The number of hydrogen-bond donors (Lipinski definition) is 2. The lowest BCUT2D eigenvalue weighted by molar-refractivity contribution is 0.242. The summed E-state index contributed by atoms with van der Waals surface area (Å²) >= 11 is 1.71. The molecule has 0 atom stereocenters. The van der Waals surface area contributed by atoms with E-state index in [0.29, 0.717) is 12.5 Å². The lowest BCUT2D eigenvalue weighted by Gasteiger charge is -2.13. The molecule has 0 amide bonds. The number of anilines is 1. The molecule has 1 aromatic heterocycles. The highest BCUT2D eigenvalue weighted by molar-refractivity contribution is 14.0. The predicted molar refractivity (Wildman–Crippen MR) is 122 cm³/mol. The van der Waals surface area contributed by atoms with E-state index in [1.54, 1.807) is 11.3 Å². The van der Waals surface area contributed by atoms with Gasteiger partial charge in [0.2, 0.25) is 0 Å². The molecule has 0 saturated carbocycles. The summed E-state index contributed by atoms with van der Waals surface area (Å²) in [5.41, 5.74) is 8.01. The third-order valence-corrected chi connectivity index (χ3v) is 4.66. The number of hydrogen-bond acceptors (Lipinski definition) is 4. The number of ether oxygens (including phenoxy) is 1. The summed E-state index contributed by atoms with van der Waals surface area (Å²) in [5, 5.41) is 6.35. The molecule has 144 valence electrons. The fourth-order valence-electron chi connectivity index (χ4n) is 2.13. The van der Waals surface area contributed by atoms with E-state index in [0.717, 1.165) is 28.6 Å². The minimum atomic E-state index is 0. The molecule has 0 aliphatic carbocycles. The number of aromatic nitrogens is 1. The number of nitrogens with zero attached hydrogens (tertiary/aromatic N) is 2. The second-order valence-corrected chi connectivity index (χ2v) is 8.09. The molecule has 7 heteroatoms. The summed E-state index contributed by atoms with van der Waals surface area (Å²) in [6.07, 6.45) is 0.950. The van der Waals surface area contributed by atoms with E-state index in [1.807, 2.05) is 38.1 Å². The van der Waals surface area contributed by atoms with Crippen LogP contribution in [0.15, 0.2) is 34.6 Å². The number of benzene rings is 1. The Labute approximate surface area is 177 Å². The molecule has 1 heterocycles. The summed E-state index contributed by atoms with van der Waals surface area (Å²) in [6, 6.07) is 7.68. The maximum atomic E-state index is 5.95. The van der Waals surface area contributed by atoms with Crippen LogP contribution in [0.1, 0.15) is 45.3 Å². The van der Waals surface area contributed by atoms with Crippen LogP contribution >= 0.6 is 35.3 Å². The van der Waals surface area contributed by atoms with Crippen LogP contribution in [0.5, 0.6) is 5.75 Å². The van der Waals surface area contributed by atoms with Gasteiger partial charge in [0.1, 0.15) is 5.75 Å². The molecule has 0 aliphatic heterocycles. The van der Waals surface area contributed by atoms with Crippen LogP contribution in [0.25, 0.3) is 0 Å². The molecule has 0 unspecified atom stereocenters. The van der Waals surface area contributed by atoms with Crippen molar-refractivity contribution in [1.82, 2.24) is 4.98 Å². The average Bonchev–Trinajstić information content (AvgIpc) is 2.98. The van der Waals surface area contributed by atoms with Crippen molar-refractivity contribution in [3.8, 4) is 5.75 Å². The fraction of sp³-hybridized carbons (Fsp3) is 0.474. The first-order valence-corrected chi connectivity index (χ1v) is 9.40. The zero-order valence-corrected chi connectivity index (χ0v) is 19.2. The second kappa shape index (κ2) is 10.1. The van der Waals surface area contributed by atoms with Gasteiger partial charge in [-0.05, 0) is 38.1 Å². The van der Waals surface area contributed by atoms with Crippen LogP contribution in [-0.2, 0) is 11.8 Å². The minimum Gasteiger partial charge on any atom is -0.491 e. The van der Waals surface area contributed by atoms with Gasteiger partial charge in [-0.2, -0.15) is 0 Å². The highest BCUT2D eigenvalue weighted by Gasteiger charge is 2.17. The summed E-state index contributed by atoms with van der Waals surface area (Å²) in [7, 11) is 0. The van der Waals surface area contributed by atoms with E-state index in [-0.39, 0.29) is 35.5 Å². The number of halogens is 1. The van der Waals surface area contributed by atoms with Crippen molar-refractivity contribution in [3.05, 3.63) is 40.3 Å². The van der Waals surface area contributed by atoms with Crippen molar-refractivity contribution < 1.29 is 4.74 Å². The van der Waals surface area contributed by atoms with E-state index >= 15 is 0 Å². The topological polar surface area (TPSA) is 72.5 Å². The number of nitrogens with one attached hydrogen (secondary N) is 1. The predicted octanol–water partition coefficient (Wildman–Crippen LogP) is 4.82. The van der Waals surface area contributed by atoms with E-state index in [4.69, 9.17) is 10.5 Å². The smallest absolute Gasteiger partial charge is 0.193 e. The van der Waals surface area contributed by atoms with Crippen molar-refractivity contribution in [3.63, 3.8) is 0 Å². The molecule has 5 nitrogen and oxygen atoms in total. The summed E-state index contributed by atoms with van der Waals surface area (Å²) in [4.78, 5) is 9.04. The van der Waals surface area contributed by atoms with Crippen molar-refractivity contribution >= 4 is 47.0 Å². The van der Waals surface area contributed by atoms with Gasteiger partial charge in [-0.25, -0.2) is 4.98 Å². The first kappa shape index (κ1) is 22.7. The Morgan fingerprint density at radius 3 is 2.46 bits per heavy atom. The Kier molecular flexibility index (Phi) is 8.82. The molecule has 0 fully saturated rings. The maximum absolute atomic E-state index is 5.95. The molecular weight excluding hydrogens is 459 g/mol. The number of thiazole rings is 1. The van der Waals surface area contributed by atoms with Gasteiger partial charge in [0.05, 0.1) is 16.8 Å². The van der Waals surface area contributed by atoms with Crippen molar-refractivity contribution in [2.24, 2.45) is 10.7 Å². The minimum absolute atomic E-state index is 0. The largest absolute Gasteiger partial charge is 0.491 e. The third-order valence-electron chi connectivity index (χ3n) is 3.34. The second-order valence-electron chi connectivity index (χ2n) is 7.23. The van der Waals surface area contributed by atoms with E-state index < -0.39 is 0 Å². The molecule has 1 aromatic carbocycles. The molecular formula is C19H29IN4OS. The van der Waals surface area contributed by atoms with Crippen molar-refractivity contribution in [2.45, 2.75) is 52.6 Å². The van der Waals surface area contributed by atoms with E-state index in [1.165, 1.54) is 0 Å². The highest BCUT2D eigenvalue weighted by atomic mass is 127. The van der Waals surface area contributed by atoms with Gasteiger partial charge in [0, 0.05) is 29.4 Å². The molecule has 2 rings (SSSR count). The molecule has 3 N–H and O–H groups in total. The normalized spacial score (nSPS) is 12.0. The summed E-state index contributed by atoms with van der Waals surface area (Å²) < 4.78 is 5.62. The van der Waals surface area contributed by atoms with Crippen LogP contribution in [0.4, 0.5) is 5.69 Å². The summed E-state index contributed by atoms with van der Waals surface area (Å²) in [6.45, 7) is 11.1. The van der Waals surface area contributed by atoms with Gasteiger partial charge >= 0.3 is 0 Å². The Balaban J connectivity index is 0.00000338. The van der Waals surface area contributed by atoms with Crippen molar-refractivity contribution in [2.75, 3.05) is 11.9 Å². The van der Waals surface area contributed by atoms with Gasteiger partial charge in [0.15, 0.2) is 5.96 Å². The fourth-order valence-corrected chi connectivity index (χ4v) is 3.08. The monoisotopic (exact) mass is 488 g/mol. The van der Waals surface area contributed by atoms with Gasteiger partial charge in [-0.3, -0.25) is 4.99 Å². The Morgan fingerprint density at radius 1 is 1.27 bits per heavy atom. The third kappa shape index (κ3) is 7.49. The van der Waals surface area contributed by atoms with Crippen LogP contribution in [0, 0.1) is 0 Å². The van der Waals surface area contributed by atoms with E-state index in [2.05, 4.69) is 41.4 Å². The van der Waals surface area contributed by atoms with Gasteiger partial charge in [-0.15, -0.1) is 35.3 Å². The molecule has 0 radical (unpaired) electrons. The number of guanidine groups is 1.